The average molecular weight is 549 g/mol. The highest BCUT2D eigenvalue weighted by atomic mass is 16.5. The standard InChI is InChI=1S/C33H32N4O4/c1-36-14-16-37(17-15-36)25-10-8-24(9-11-25)34-33(38)27-21-29(30-5-4-18-41-30)35-28-12-6-22(19-26(27)28)23-7-13-31(39-2)32(20-23)40-3/h4-13,18-21H,14-17H2,1-3H3,(H,34,38). The number of nitrogens with zero attached hydrogens (tertiary/aromatic N) is 3. The monoisotopic (exact) mass is 548 g/mol. The van der Waals surface area contributed by atoms with Crippen molar-refractivity contribution < 1.29 is 18.7 Å². The van der Waals surface area contributed by atoms with Crippen LogP contribution in [0.5, 0.6) is 11.5 Å². The molecule has 8 heteroatoms. The molecule has 1 N–H and O–H groups in total. The molecule has 1 saturated heterocycles. The van der Waals surface area contributed by atoms with Crippen molar-refractivity contribution in [2.24, 2.45) is 0 Å². The van der Waals surface area contributed by atoms with Gasteiger partial charge in [-0.25, -0.2) is 4.98 Å². The molecule has 5 aromatic rings. The molecule has 2 aromatic heterocycles. The van der Waals surface area contributed by atoms with Gasteiger partial charge in [0.1, 0.15) is 5.69 Å². The predicted octanol–water partition coefficient (Wildman–Crippen LogP) is 6.18. The Morgan fingerprint density at radius 3 is 2.29 bits per heavy atom. The van der Waals surface area contributed by atoms with Gasteiger partial charge in [0.15, 0.2) is 17.3 Å². The van der Waals surface area contributed by atoms with Crippen LogP contribution < -0.4 is 19.7 Å². The average Bonchev–Trinajstić information content (AvgIpc) is 3.56. The summed E-state index contributed by atoms with van der Waals surface area (Å²) in [6.07, 6.45) is 1.60. The van der Waals surface area contributed by atoms with Crippen molar-refractivity contribution in [1.82, 2.24) is 9.88 Å². The number of carbonyl (C=O) groups excluding carboxylic acids is 1. The van der Waals surface area contributed by atoms with Gasteiger partial charge in [-0.15, -0.1) is 0 Å². The number of methoxy groups -OCH3 is 2. The number of likely N-dealkylation sites (N-methyl/N-ethyl adjacent to an activating group) is 1. The third kappa shape index (κ3) is 5.47. The van der Waals surface area contributed by atoms with Gasteiger partial charge in [0.25, 0.3) is 5.91 Å². The molecule has 1 aliphatic heterocycles. The lowest BCUT2D eigenvalue weighted by molar-refractivity contribution is 0.102. The fraction of sp³-hybridized carbons (Fsp3) is 0.212. The molecule has 1 fully saturated rings. The Morgan fingerprint density at radius 1 is 0.854 bits per heavy atom. The molecule has 41 heavy (non-hydrogen) atoms. The number of furan rings is 1. The lowest BCUT2D eigenvalue weighted by Gasteiger charge is -2.34. The number of rotatable bonds is 7. The Morgan fingerprint density at radius 2 is 1.59 bits per heavy atom. The highest BCUT2D eigenvalue weighted by Gasteiger charge is 2.18. The largest absolute Gasteiger partial charge is 0.493 e. The van der Waals surface area contributed by atoms with Gasteiger partial charge in [0.2, 0.25) is 0 Å². The van der Waals surface area contributed by atoms with E-state index in [4.69, 9.17) is 18.9 Å². The molecule has 1 amide bonds. The first-order valence-electron chi connectivity index (χ1n) is 13.6. The van der Waals surface area contributed by atoms with Crippen LogP contribution in [0.2, 0.25) is 0 Å². The van der Waals surface area contributed by atoms with Crippen molar-refractivity contribution >= 4 is 28.2 Å². The number of nitrogens with one attached hydrogen (secondary N) is 1. The zero-order chi connectivity index (χ0) is 28.3. The van der Waals surface area contributed by atoms with E-state index in [0.29, 0.717) is 34.0 Å². The highest BCUT2D eigenvalue weighted by molar-refractivity contribution is 6.13. The normalized spacial score (nSPS) is 13.8. The number of amides is 1. The zero-order valence-corrected chi connectivity index (χ0v) is 23.4. The van der Waals surface area contributed by atoms with Crippen molar-refractivity contribution in [3.8, 4) is 34.1 Å². The van der Waals surface area contributed by atoms with Gasteiger partial charge < -0.3 is 29.0 Å². The minimum absolute atomic E-state index is 0.220. The van der Waals surface area contributed by atoms with Crippen LogP contribution in [0.1, 0.15) is 10.4 Å². The summed E-state index contributed by atoms with van der Waals surface area (Å²) in [7, 11) is 5.37. The summed E-state index contributed by atoms with van der Waals surface area (Å²) in [5, 5.41) is 3.83. The number of aromatic nitrogens is 1. The Hall–Kier alpha value is -4.82. The van der Waals surface area contributed by atoms with E-state index in [-0.39, 0.29) is 5.91 Å². The van der Waals surface area contributed by atoms with E-state index in [2.05, 4.69) is 34.3 Å². The summed E-state index contributed by atoms with van der Waals surface area (Å²) in [5.74, 6) is 1.67. The maximum absolute atomic E-state index is 13.8. The lowest BCUT2D eigenvalue weighted by atomic mass is 9.99. The molecule has 3 aromatic carbocycles. The summed E-state index contributed by atoms with van der Waals surface area (Å²) in [5.41, 5.74) is 5.54. The summed E-state index contributed by atoms with van der Waals surface area (Å²) < 4.78 is 16.5. The molecule has 0 bridgehead atoms. The number of hydrogen-bond acceptors (Lipinski definition) is 7. The van der Waals surface area contributed by atoms with Crippen LogP contribution in [0, 0.1) is 0 Å². The molecule has 0 aliphatic carbocycles. The molecule has 8 nitrogen and oxygen atoms in total. The van der Waals surface area contributed by atoms with Gasteiger partial charge in [-0.3, -0.25) is 4.79 Å². The SMILES string of the molecule is COc1ccc(-c2ccc3nc(-c4ccco4)cc(C(=O)Nc4ccc(N5CCN(C)CC5)cc4)c3c2)cc1OC. The third-order valence-electron chi connectivity index (χ3n) is 7.54. The van der Waals surface area contributed by atoms with E-state index in [1.54, 1.807) is 26.5 Å². The number of hydrogen-bond donors (Lipinski definition) is 1. The molecule has 0 unspecified atom stereocenters. The number of carbonyl (C=O) groups is 1. The molecule has 0 radical (unpaired) electrons. The van der Waals surface area contributed by atoms with E-state index in [1.165, 1.54) is 0 Å². The van der Waals surface area contributed by atoms with E-state index in [9.17, 15) is 4.79 Å². The van der Waals surface area contributed by atoms with Crippen molar-refractivity contribution in [1.29, 1.82) is 0 Å². The highest BCUT2D eigenvalue weighted by Crippen LogP contribution is 2.35. The van der Waals surface area contributed by atoms with Gasteiger partial charge in [-0.1, -0.05) is 12.1 Å². The number of fused-ring (bicyclic) bond motifs is 1. The molecular weight excluding hydrogens is 516 g/mol. The Labute approximate surface area is 239 Å². The number of benzene rings is 3. The third-order valence-corrected chi connectivity index (χ3v) is 7.54. The first-order chi connectivity index (χ1) is 20.0. The molecule has 0 atom stereocenters. The zero-order valence-electron chi connectivity index (χ0n) is 23.4. The fourth-order valence-corrected chi connectivity index (χ4v) is 5.18. The van der Waals surface area contributed by atoms with Crippen molar-refractivity contribution in [3.63, 3.8) is 0 Å². The molecule has 6 rings (SSSR count). The van der Waals surface area contributed by atoms with Gasteiger partial charge in [-0.05, 0) is 84.9 Å². The second-order valence-corrected chi connectivity index (χ2v) is 10.1. The Balaban J connectivity index is 1.35. The van der Waals surface area contributed by atoms with Crippen LogP contribution in [0.3, 0.4) is 0 Å². The minimum atomic E-state index is -0.220. The van der Waals surface area contributed by atoms with Crippen LogP contribution in [0.4, 0.5) is 11.4 Å². The summed E-state index contributed by atoms with van der Waals surface area (Å²) >= 11 is 0. The van der Waals surface area contributed by atoms with Crippen LogP contribution in [0.25, 0.3) is 33.5 Å². The van der Waals surface area contributed by atoms with Crippen LogP contribution in [0.15, 0.2) is 89.5 Å². The topological polar surface area (TPSA) is 80.1 Å². The van der Waals surface area contributed by atoms with E-state index in [1.807, 2.05) is 60.7 Å². The molecule has 208 valence electrons. The first-order valence-corrected chi connectivity index (χ1v) is 13.6. The van der Waals surface area contributed by atoms with E-state index >= 15 is 0 Å². The number of pyridine rings is 1. The van der Waals surface area contributed by atoms with Crippen LogP contribution in [-0.2, 0) is 0 Å². The Bertz CT molecular complexity index is 1670. The molecule has 1 aliphatic rings. The van der Waals surface area contributed by atoms with Gasteiger partial charge >= 0.3 is 0 Å². The number of anilines is 2. The second-order valence-electron chi connectivity index (χ2n) is 10.1. The maximum atomic E-state index is 13.8. The van der Waals surface area contributed by atoms with Crippen LogP contribution >= 0.6 is 0 Å². The number of piperazine rings is 1. The predicted molar refractivity (Wildman–Crippen MR) is 162 cm³/mol. The van der Waals surface area contributed by atoms with Crippen LogP contribution in [-0.4, -0.2) is 63.2 Å². The van der Waals surface area contributed by atoms with Crippen molar-refractivity contribution in [3.05, 3.63) is 90.7 Å². The minimum Gasteiger partial charge on any atom is -0.493 e. The summed E-state index contributed by atoms with van der Waals surface area (Å²) in [4.78, 5) is 23.3. The molecule has 0 spiro atoms. The lowest BCUT2D eigenvalue weighted by Crippen LogP contribution is -2.44. The van der Waals surface area contributed by atoms with Gasteiger partial charge in [-0.2, -0.15) is 0 Å². The molecular formula is C33H32N4O4. The summed E-state index contributed by atoms with van der Waals surface area (Å²) in [6.45, 7) is 4.06. The second kappa shape index (κ2) is 11.3. The van der Waals surface area contributed by atoms with Gasteiger partial charge in [0, 0.05) is 42.9 Å². The van der Waals surface area contributed by atoms with Crippen molar-refractivity contribution in [2.75, 3.05) is 57.7 Å². The number of ether oxygens (including phenoxy) is 2. The first kappa shape index (κ1) is 26.4. The maximum Gasteiger partial charge on any atom is 0.256 e. The Kier molecular flexibility index (Phi) is 7.31. The van der Waals surface area contributed by atoms with Crippen molar-refractivity contribution in [2.45, 2.75) is 0 Å². The molecule has 3 heterocycles. The smallest absolute Gasteiger partial charge is 0.256 e. The van der Waals surface area contributed by atoms with Gasteiger partial charge in [0.05, 0.1) is 31.6 Å². The molecule has 0 saturated carbocycles. The quantitative estimate of drug-likeness (QED) is 0.260. The summed E-state index contributed by atoms with van der Waals surface area (Å²) in [6, 6.07) is 25.1. The van der Waals surface area contributed by atoms with E-state index in [0.717, 1.165) is 54.1 Å². The van der Waals surface area contributed by atoms with E-state index < -0.39 is 0 Å². The fourth-order valence-electron chi connectivity index (χ4n) is 5.18.